The molecule has 8 heteroatoms. The minimum atomic E-state index is -3.35. The summed E-state index contributed by atoms with van der Waals surface area (Å²) in [5.74, 6) is 1.37. The molecule has 1 aliphatic heterocycles. The molecule has 4 rings (SSSR count). The zero-order chi connectivity index (χ0) is 20.4. The summed E-state index contributed by atoms with van der Waals surface area (Å²) >= 11 is 0. The van der Waals surface area contributed by atoms with Crippen LogP contribution in [0.5, 0.6) is 17.4 Å². The molecule has 1 aliphatic rings. The van der Waals surface area contributed by atoms with E-state index in [1.807, 2.05) is 6.07 Å². The van der Waals surface area contributed by atoms with Crippen molar-refractivity contribution in [2.75, 3.05) is 11.0 Å². The number of ether oxygens (including phenoxy) is 2. The number of fused-ring (bicyclic) bond motifs is 1. The van der Waals surface area contributed by atoms with E-state index in [1.165, 1.54) is 12.3 Å². The first-order valence-corrected chi connectivity index (χ1v) is 10.9. The van der Waals surface area contributed by atoms with Gasteiger partial charge in [0.05, 0.1) is 18.1 Å². The van der Waals surface area contributed by atoms with E-state index in [0.717, 1.165) is 18.2 Å². The van der Waals surface area contributed by atoms with Crippen molar-refractivity contribution < 1.29 is 22.3 Å². The Morgan fingerprint density at radius 1 is 1.17 bits per heavy atom. The van der Waals surface area contributed by atoms with Crippen molar-refractivity contribution in [1.82, 2.24) is 4.98 Å². The molecule has 1 unspecified atom stereocenters. The Morgan fingerprint density at radius 2 is 2.00 bits per heavy atom. The van der Waals surface area contributed by atoms with E-state index in [0.29, 0.717) is 35.1 Å². The molecule has 0 spiro atoms. The third-order valence-corrected chi connectivity index (χ3v) is 5.10. The molecule has 0 fully saturated rings. The number of nitrogens with one attached hydrogen (secondary N) is 1. The van der Waals surface area contributed by atoms with Gasteiger partial charge in [-0.25, -0.2) is 17.8 Å². The number of rotatable bonds is 5. The summed E-state index contributed by atoms with van der Waals surface area (Å²) in [4.78, 5) is 4.11. The molecular formula is C21H19FN2O4S. The average Bonchev–Trinajstić information content (AvgIpc) is 2.68. The Hall–Kier alpha value is -3.13. The summed E-state index contributed by atoms with van der Waals surface area (Å²) in [6.45, 7) is 0. The fraction of sp³-hybridized carbons (Fsp3) is 0.190. The molecule has 3 aromatic rings. The van der Waals surface area contributed by atoms with Crippen LogP contribution in [-0.4, -0.2) is 19.7 Å². The Kier molecular flexibility index (Phi) is 5.10. The first kappa shape index (κ1) is 19.2. The van der Waals surface area contributed by atoms with Crippen LogP contribution in [0.4, 0.5) is 10.1 Å². The second kappa shape index (κ2) is 7.71. The molecule has 6 nitrogen and oxygen atoms in total. The van der Waals surface area contributed by atoms with Crippen LogP contribution in [0.3, 0.4) is 0 Å². The third-order valence-electron chi connectivity index (χ3n) is 4.49. The van der Waals surface area contributed by atoms with Crippen molar-refractivity contribution in [1.29, 1.82) is 0 Å². The minimum Gasteiger partial charge on any atom is -0.485 e. The molecular weight excluding hydrogens is 395 g/mol. The average molecular weight is 414 g/mol. The predicted molar refractivity (Wildman–Crippen MR) is 107 cm³/mol. The molecule has 1 atom stereocenters. The van der Waals surface area contributed by atoms with Crippen molar-refractivity contribution in [2.45, 2.75) is 18.9 Å². The normalized spacial score (nSPS) is 15.9. The number of anilines is 1. The molecule has 0 bridgehead atoms. The van der Waals surface area contributed by atoms with Gasteiger partial charge in [-0.05, 0) is 48.7 Å². The third kappa shape index (κ3) is 4.65. The number of aryl methyl sites for hydroxylation is 1. The zero-order valence-corrected chi connectivity index (χ0v) is 16.4. The highest BCUT2D eigenvalue weighted by molar-refractivity contribution is 7.92. The van der Waals surface area contributed by atoms with Gasteiger partial charge in [-0.2, -0.15) is 0 Å². The molecule has 0 saturated heterocycles. The fourth-order valence-electron chi connectivity index (χ4n) is 3.22. The van der Waals surface area contributed by atoms with Gasteiger partial charge in [-0.3, -0.25) is 4.72 Å². The van der Waals surface area contributed by atoms with E-state index in [2.05, 4.69) is 9.71 Å². The Morgan fingerprint density at radius 3 is 2.72 bits per heavy atom. The van der Waals surface area contributed by atoms with E-state index in [9.17, 15) is 12.8 Å². The van der Waals surface area contributed by atoms with E-state index in [4.69, 9.17) is 9.47 Å². The van der Waals surface area contributed by atoms with Crippen molar-refractivity contribution in [3.63, 3.8) is 0 Å². The lowest BCUT2D eigenvalue weighted by Crippen LogP contribution is -2.16. The molecule has 1 N–H and O–H groups in total. The quantitative estimate of drug-likeness (QED) is 0.667. The Bertz CT molecular complexity index is 1130. The van der Waals surface area contributed by atoms with Gasteiger partial charge in [-0.15, -0.1) is 0 Å². The number of hydrogen-bond donors (Lipinski definition) is 1. The largest absolute Gasteiger partial charge is 0.485 e. The number of benzene rings is 2. The standard InChI is InChI=1S/C21H19FN2O4S/c1-29(25,26)24-15-7-11-21(23-13-15)27-16-8-10-19-14(12-16)6-9-20(28-19)17-4-2-3-5-18(17)22/h2-5,7-8,10-13,20,24H,6,9H2,1H3. The lowest BCUT2D eigenvalue weighted by Gasteiger charge is -2.27. The van der Waals surface area contributed by atoms with E-state index < -0.39 is 10.0 Å². The number of aromatic nitrogens is 1. The molecule has 0 radical (unpaired) electrons. The Balaban J connectivity index is 1.46. The number of halogens is 1. The molecule has 0 amide bonds. The topological polar surface area (TPSA) is 77.5 Å². The first-order valence-electron chi connectivity index (χ1n) is 9.03. The summed E-state index contributed by atoms with van der Waals surface area (Å²) in [5, 5.41) is 0. The van der Waals surface area contributed by atoms with Crippen LogP contribution in [0.25, 0.3) is 0 Å². The number of nitrogens with zero attached hydrogens (tertiary/aromatic N) is 1. The van der Waals surface area contributed by atoms with Gasteiger partial charge in [-0.1, -0.05) is 18.2 Å². The zero-order valence-electron chi connectivity index (χ0n) is 15.6. The molecule has 0 saturated carbocycles. The second-order valence-corrected chi connectivity index (χ2v) is 8.55. The van der Waals surface area contributed by atoms with Gasteiger partial charge < -0.3 is 9.47 Å². The van der Waals surface area contributed by atoms with Crippen LogP contribution >= 0.6 is 0 Å². The maximum absolute atomic E-state index is 14.0. The fourth-order valence-corrected chi connectivity index (χ4v) is 3.77. The SMILES string of the molecule is CS(=O)(=O)Nc1ccc(Oc2ccc3c(c2)CCC(c2ccccc2F)O3)nc1. The van der Waals surface area contributed by atoms with Gasteiger partial charge in [0.2, 0.25) is 15.9 Å². The molecule has 0 aliphatic carbocycles. The predicted octanol–water partition coefficient (Wildman–Crippen LogP) is 4.45. The van der Waals surface area contributed by atoms with Crippen LogP contribution in [0.2, 0.25) is 0 Å². The van der Waals surface area contributed by atoms with Gasteiger partial charge in [0, 0.05) is 11.6 Å². The number of sulfonamides is 1. The van der Waals surface area contributed by atoms with Gasteiger partial charge in [0.1, 0.15) is 23.4 Å². The molecule has 2 aromatic carbocycles. The highest BCUT2D eigenvalue weighted by atomic mass is 32.2. The van der Waals surface area contributed by atoms with Gasteiger partial charge in [0.25, 0.3) is 0 Å². The van der Waals surface area contributed by atoms with Crippen LogP contribution in [0.1, 0.15) is 23.7 Å². The lowest BCUT2D eigenvalue weighted by molar-refractivity contribution is 0.172. The molecule has 150 valence electrons. The van der Waals surface area contributed by atoms with Crippen molar-refractivity contribution in [2.24, 2.45) is 0 Å². The summed E-state index contributed by atoms with van der Waals surface area (Å²) in [7, 11) is -3.35. The monoisotopic (exact) mass is 414 g/mol. The summed E-state index contributed by atoms with van der Waals surface area (Å²) < 4.78 is 50.6. The highest BCUT2D eigenvalue weighted by Gasteiger charge is 2.24. The molecule has 29 heavy (non-hydrogen) atoms. The lowest BCUT2D eigenvalue weighted by atomic mass is 9.97. The van der Waals surface area contributed by atoms with E-state index in [-0.39, 0.29) is 11.9 Å². The van der Waals surface area contributed by atoms with Crippen molar-refractivity contribution >= 4 is 15.7 Å². The van der Waals surface area contributed by atoms with Crippen molar-refractivity contribution in [3.05, 3.63) is 77.7 Å². The summed E-state index contributed by atoms with van der Waals surface area (Å²) in [6.07, 6.45) is 3.55. The van der Waals surface area contributed by atoms with Gasteiger partial charge in [0.15, 0.2) is 0 Å². The van der Waals surface area contributed by atoms with Crippen molar-refractivity contribution in [3.8, 4) is 17.4 Å². The minimum absolute atomic E-state index is 0.263. The molecule has 2 heterocycles. The van der Waals surface area contributed by atoms with E-state index >= 15 is 0 Å². The Labute approximate surface area is 168 Å². The van der Waals surface area contributed by atoms with Crippen LogP contribution < -0.4 is 14.2 Å². The van der Waals surface area contributed by atoms with Gasteiger partial charge >= 0.3 is 0 Å². The highest BCUT2D eigenvalue weighted by Crippen LogP contribution is 2.38. The first-order chi connectivity index (χ1) is 13.9. The number of pyridine rings is 1. The van der Waals surface area contributed by atoms with Crippen LogP contribution in [0, 0.1) is 5.82 Å². The maximum atomic E-state index is 14.0. The summed E-state index contributed by atoms with van der Waals surface area (Å²) in [5.41, 5.74) is 1.90. The van der Waals surface area contributed by atoms with E-state index in [1.54, 1.807) is 42.5 Å². The second-order valence-electron chi connectivity index (χ2n) is 6.80. The molecule has 1 aromatic heterocycles. The maximum Gasteiger partial charge on any atom is 0.229 e. The van der Waals surface area contributed by atoms with Crippen LogP contribution in [-0.2, 0) is 16.4 Å². The number of hydrogen-bond acceptors (Lipinski definition) is 5. The summed E-state index contributed by atoms with van der Waals surface area (Å²) in [6, 6.07) is 15.2. The smallest absolute Gasteiger partial charge is 0.229 e. The van der Waals surface area contributed by atoms with Crippen LogP contribution in [0.15, 0.2) is 60.8 Å².